The second-order valence-electron chi connectivity index (χ2n) is 6.20. The molecule has 1 aromatic carbocycles. The first kappa shape index (κ1) is 17.3. The molecule has 2 rings (SSSR count). The zero-order valence-corrected chi connectivity index (χ0v) is 14.0. The lowest BCUT2D eigenvalue weighted by Crippen LogP contribution is -2.48. The summed E-state index contributed by atoms with van der Waals surface area (Å²) in [7, 11) is 0. The van der Waals surface area contributed by atoms with E-state index in [4.69, 9.17) is 5.11 Å². The molecule has 1 aliphatic rings. The van der Waals surface area contributed by atoms with E-state index in [1.165, 1.54) is 6.92 Å². The van der Waals surface area contributed by atoms with Crippen molar-refractivity contribution in [2.75, 3.05) is 31.1 Å². The lowest BCUT2D eigenvalue weighted by atomic mass is 10.1. The van der Waals surface area contributed by atoms with Gasteiger partial charge in [0.15, 0.2) is 0 Å². The summed E-state index contributed by atoms with van der Waals surface area (Å²) in [6.45, 7) is 9.89. The van der Waals surface area contributed by atoms with Crippen molar-refractivity contribution in [3.8, 4) is 0 Å². The van der Waals surface area contributed by atoms with Crippen LogP contribution in [0.4, 0.5) is 5.69 Å². The Morgan fingerprint density at radius 3 is 2.09 bits per heavy atom. The number of amides is 1. The standard InChI is InChI=1S/C17H25N3O3/c1-12(2)19-8-10-20(11-9-19)15-6-4-14(5-7-15)16(21)18-13(3)17(22)23/h4-7,12-13H,8-11H2,1-3H3,(H,18,21)(H,22,23)/t13-/m1/s1. The largest absolute Gasteiger partial charge is 0.480 e. The number of carbonyl (C=O) groups excluding carboxylic acids is 1. The van der Waals surface area contributed by atoms with Gasteiger partial charge in [0, 0.05) is 43.5 Å². The van der Waals surface area contributed by atoms with E-state index in [1.54, 1.807) is 12.1 Å². The maximum Gasteiger partial charge on any atom is 0.325 e. The maximum absolute atomic E-state index is 12.0. The van der Waals surface area contributed by atoms with Crippen molar-refractivity contribution in [2.45, 2.75) is 32.9 Å². The number of anilines is 1. The summed E-state index contributed by atoms with van der Waals surface area (Å²) in [5.74, 6) is -1.41. The molecule has 1 saturated heterocycles. The predicted octanol–water partition coefficient (Wildman–Crippen LogP) is 1.42. The molecular weight excluding hydrogens is 294 g/mol. The molecule has 0 aromatic heterocycles. The summed E-state index contributed by atoms with van der Waals surface area (Å²) in [4.78, 5) is 27.5. The van der Waals surface area contributed by atoms with Crippen LogP contribution in [0.2, 0.25) is 0 Å². The number of carboxylic acid groups (broad SMARTS) is 1. The highest BCUT2D eigenvalue weighted by molar-refractivity contribution is 5.96. The van der Waals surface area contributed by atoms with Crippen LogP contribution in [0.3, 0.4) is 0 Å². The third-order valence-electron chi connectivity index (χ3n) is 4.26. The van der Waals surface area contributed by atoms with Crippen molar-refractivity contribution in [2.24, 2.45) is 0 Å². The van der Waals surface area contributed by atoms with E-state index >= 15 is 0 Å². The number of benzene rings is 1. The number of carbonyl (C=O) groups is 2. The number of aliphatic carboxylic acids is 1. The summed E-state index contributed by atoms with van der Waals surface area (Å²) in [5, 5.41) is 11.3. The SMILES string of the molecule is CC(C)N1CCN(c2ccc(C(=O)N[C@H](C)C(=O)O)cc2)CC1. The van der Waals surface area contributed by atoms with Crippen molar-refractivity contribution >= 4 is 17.6 Å². The van der Waals surface area contributed by atoms with Gasteiger partial charge in [-0.2, -0.15) is 0 Å². The number of hydrogen-bond donors (Lipinski definition) is 2. The first-order valence-corrected chi connectivity index (χ1v) is 8.01. The van der Waals surface area contributed by atoms with Crippen LogP contribution in [-0.2, 0) is 4.79 Å². The summed E-state index contributed by atoms with van der Waals surface area (Å²) >= 11 is 0. The smallest absolute Gasteiger partial charge is 0.325 e. The molecule has 0 unspecified atom stereocenters. The minimum Gasteiger partial charge on any atom is -0.480 e. The van der Waals surface area contributed by atoms with E-state index < -0.39 is 12.0 Å². The quantitative estimate of drug-likeness (QED) is 0.859. The zero-order valence-electron chi connectivity index (χ0n) is 14.0. The number of piperazine rings is 1. The van der Waals surface area contributed by atoms with E-state index in [9.17, 15) is 9.59 Å². The van der Waals surface area contributed by atoms with Gasteiger partial charge >= 0.3 is 5.97 Å². The highest BCUT2D eigenvalue weighted by Gasteiger charge is 2.19. The molecule has 0 aliphatic carbocycles. The van der Waals surface area contributed by atoms with Gasteiger partial charge in [0.25, 0.3) is 5.91 Å². The molecule has 1 heterocycles. The molecule has 1 amide bonds. The van der Waals surface area contributed by atoms with Gasteiger partial charge in [-0.3, -0.25) is 14.5 Å². The molecule has 6 heteroatoms. The van der Waals surface area contributed by atoms with Gasteiger partial charge in [-0.05, 0) is 45.0 Å². The minimum absolute atomic E-state index is 0.365. The third kappa shape index (κ3) is 4.45. The molecule has 0 radical (unpaired) electrons. The Morgan fingerprint density at radius 1 is 1.04 bits per heavy atom. The van der Waals surface area contributed by atoms with E-state index in [1.807, 2.05) is 12.1 Å². The molecule has 1 aliphatic heterocycles. The van der Waals surface area contributed by atoms with Crippen LogP contribution in [0.5, 0.6) is 0 Å². The minimum atomic E-state index is -1.04. The van der Waals surface area contributed by atoms with E-state index in [2.05, 4.69) is 29.0 Å². The van der Waals surface area contributed by atoms with Crippen molar-refractivity contribution in [3.05, 3.63) is 29.8 Å². The van der Waals surface area contributed by atoms with Gasteiger partial charge in [0.1, 0.15) is 6.04 Å². The van der Waals surface area contributed by atoms with Gasteiger partial charge in [-0.15, -0.1) is 0 Å². The number of hydrogen-bond acceptors (Lipinski definition) is 4. The predicted molar refractivity (Wildman–Crippen MR) is 89.9 cm³/mol. The van der Waals surface area contributed by atoms with Gasteiger partial charge in [-0.25, -0.2) is 0 Å². The molecule has 126 valence electrons. The molecule has 6 nitrogen and oxygen atoms in total. The average Bonchev–Trinajstić information content (AvgIpc) is 2.55. The Kier molecular flexibility index (Phi) is 5.60. The Morgan fingerprint density at radius 2 is 1.61 bits per heavy atom. The number of carboxylic acids is 1. The number of rotatable bonds is 5. The summed E-state index contributed by atoms with van der Waals surface area (Å²) in [6.07, 6.45) is 0. The van der Waals surface area contributed by atoms with E-state index in [0.717, 1.165) is 31.9 Å². The first-order valence-electron chi connectivity index (χ1n) is 8.01. The molecule has 2 N–H and O–H groups in total. The second kappa shape index (κ2) is 7.46. The van der Waals surface area contributed by atoms with Crippen LogP contribution in [-0.4, -0.2) is 60.1 Å². The van der Waals surface area contributed by atoms with Crippen LogP contribution in [0.15, 0.2) is 24.3 Å². The molecule has 0 bridgehead atoms. The van der Waals surface area contributed by atoms with Gasteiger partial charge in [0.2, 0.25) is 0 Å². The van der Waals surface area contributed by atoms with E-state index in [-0.39, 0.29) is 5.91 Å². The van der Waals surface area contributed by atoms with Crippen LogP contribution in [0, 0.1) is 0 Å². The molecule has 1 aromatic rings. The van der Waals surface area contributed by atoms with Crippen molar-refractivity contribution in [1.82, 2.24) is 10.2 Å². The fourth-order valence-electron chi connectivity index (χ4n) is 2.66. The van der Waals surface area contributed by atoms with E-state index in [0.29, 0.717) is 11.6 Å². The van der Waals surface area contributed by atoms with Crippen LogP contribution < -0.4 is 10.2 Å². The van der Waals surface area contributed by atoms with Gasteiger partial charge in [-0.1, -0.05) is 0 Å². The highest BCUT2D eigenvalue weighted by Crippen LogP contribution is 2.18. The Labute approximate surface area is 137 Å². The molecular formula is C17H25N3O3. The summed E-state index contributed by atoms with van der Waals surface area (Å²) in [6, 6.07) is 7.00. The fourth-order valence-corrected chi connectivity index (χ4v) is 2.66. The fraction of sp³-hybridized carbons (Fsp3) is 0.529. The molecule has 0 saturated carbocycles. The molecule has 1 atom stereocenters. The lowest BCUT2D eigenvalue weighted by molar-refractivity contribution is -0.138. The zero-order chi connectivity index (χ0) is 17.0. The second-order valence-corrected chi connectivity index (χ2v) is 6.20. The average molecular weight is 319 g/mol. The Hall–Kier alpha value is -2.08. The maximum atomic E-state index is 12.0. The first-order chi connectivity index (χ1) is 10.9. The molecule has 1 fully saturated rings. The van der Waals surface area contributed by atoms with Gasteiger partial charge < -0.3 is 15.3 Å². The Bertz CT molecular complexity index is 549. The highest BCUT2D eigenvalue weighted by atomic mass is 16.4. The van der Waals surface area contributed by atoms with Crippen molar-refractivity contribution in [1.29, 1.82) is 0 Å². The monoisotopic (exact) mass is 319 g/mol. The summed E-state index contributed by atoms with van der Waals surface area (Å²) < 4.78 is 0. The Balaban J connectivity index is 1.95. The molecule has 23 heavy (non-hydrogen) atoms. The van der Waals surface area contributed by atoms with Crippen LogP contribution in [0.1, 0.15) is 31.1 Å². The third-order valence-corrected chi connectivity index (χ3v) is 4.26. The number of nitrogens with one attached hydrogen (secondary N) is 1. The topological polar surface area (TPSA) is 72.9 Å². The van der Waals surface area contributed by atoms with Crippen LogP contribution >= 0.6 is 0 Å². The normalized spacial score (nSPS) is 17.1. The van der Waals surface area contributed by atoms with Crippen molar-refractivity contribution in [3.63, 3.8) is 0 Å². The molecule has 0 spiro atoms. The number of nitrogens with zero attached hydrogens (tertiary/aromatic N) is 2. The lowest BCUT2D eigenvalue weighted by Gasteiger charge is -2.38. The van der Waals surface area contributed by atoms with Gasteiger partial charge in [0.05, 0.1) is 0 Å². The van der Waals surface area contributed by atoms with Crippen molar-refractivity contribution < 1.29 is 14.7 Å². The van der Waals surface area contributed by atoms with Crippen LogP contribution in [0.25, 0.3) is 0 Å². The summed E-state index contributed by atoms with van der Waals surface area (Å²) in [5.41, 5.74) is 1.57.